The molecule has 0 bridgehead atoms. The molecule has 4 rings (SSSR count). The fourth-order valence-corrected chi connectivity index (χ4v) is 4.41. The molecular formula is C19H24FN5O3S. The molecule has 8 nitrogen and oxygen atoms in total. The summed E-state index contributed by atoms with van der Waals surface area (Å²) in [7, 11) is -3.52. The highest BCUT2D eigenvalue weighted by molar-refractivity contribution is 7.89. The van der Waals surface area contributed by atoms with E-state index in [4.69, 9.17) is 4.74 Å². The number of aromatic nitrogens is 2. The summed E-state index contributed by atoms with van der Waals surface area (Å²) in [5.41, 5.74) is 0.442. The normalized spacial score (nSPS) is 20.7. The molecule has 1 atom stereocenters. The van der Waals surface area contributed by atoms with Crippen molar-refractivity contribution in [1.29, 1.82) is 0 Å². The van der Waals surface area contributed by atoms with Crippen LogP contribution in [0, 0.1) is 5.82 Å². The SMILES string of the molecule is CCNS(=O)(=O)c1ccc(Nc2ncc(F)c(N3CC4(CC4)OC[C@@H]3C)n2)cc1. The zero-order chi connectivity index (χ0) is 20.6. The van der Waals surface area contributed by atoms with Crippen molar-refractivity contribution in [2.75, 3.05) is 29.9 Å². The van der Waals surface area contributed by atoms with Crippen LogP contribution >= 0.6 is 0 Å². The molecule has 2 heterocycles. The minimum atomic E-state index is -3.52. The summed E-state index contributed by atoms with van der Waals surface area (Å²) in [4.78, 5) is 10.5. The molecule has 1 aliphatic heterocycles. The molecule has 10 heteroatoms. The number of nitrogens with one attached hydrogen (secondary N) is 2. The van der Waals surface area contributed by atoms with Gasteiger partial charge in [-0.25, -0.2) is 22.5 Å². The van der Waals surface area contributed by atoms with Crippen LogP contribution in [0.2, 0.25) is 0 Å². The molecule has 2 N–H and O–H groups in total. The highest BCUT2D eigenvalue weighted by Gasteiger charge is 2.49. The Balaban J connectivity index is 1.53. The first kappa shape index (κ1) is 20.0. The van der Waals surface area contributed by atoms with Gasteiger partial charge in [0.15, 0.2) is 11.6 Å². The first-order valence-electron chi connectivity index (χ1n) is 9.62. The van der Waals surface area contributed by atoms with E-state index in [9.17, 15) is 12.8 Å². The highest BCUT2D eigenvalue weighted by atomic mass is 32.2. The number of anilines is 3. The van der Waals surface area contributed by atoms with Crippen LogP contribution in [0.4, 0.5) is 21.8 Å². The lowest BCUT2D eigenvalue weighted by atomic mass is 10.2. The fraction of sp³-hybridized carbons (Fsp3) is 0.474. The van der Waals surface area contributed by atoms with Gasteiger partial charge in [0.2, 0.25) is 16.0 Å². The summed E-state index contributed by atoms with van der Waals surface area (Å²) < 4.78 is 46.9. The van der Waals surface area contributed by atoms with Crippen LogP contribution in [0.1, 0.15) is 26.7 Å². The van der Waals surface area contributed by atoms with Crippen molar-refractivity contribution in [3.63, 3.8) is 0 Å². The molecule has 0 amide bonds. The van der Waals surface area contributed by atoms with E-state index in [1.807, 2.05) is 11.8 Å². The molecule has 2 aromatic rings. The van der Waals surface area contributed by atoms with Crippen molar-refractivity contribution in [3.05, 3.63) is 36.3 Å². The molecule has 2 aliphatic rings. The van der Waals surface area contributed by atoms with E-state index in [1.165, 1.54) is 12.1 Å². The zero-order valence-corrected chi connectivity index (χ0v) is 17.2. The van der Waals surface area contributed by atoms with Gasteiger partial charge in [-0.15, -0.1) is 0 Å². The monoisotopic (exact) mass is 421 g/mol. The van der Waals surface area contributed by atoms with Crippen LogP contribution in [0.25, 0.3) is 0 Å². The molecule has 0 unspecified atom stereocenters. The second-order valence-electron chi connectivity index (χ2n) is 7.49. The Labute approximate surface area is 169 Å². The summed E-state index contributed by atoms with van der Waals surface area (Å²) >= 11 is 0. The molecule has 1 aromatic heterocycles. The minimum Gasteiger partial charge on any atom is -0.371 e. The standard InChI is InChI=1S/C19H24FN5O3S/c1-3-22-29(26,27)15-6-4-14(5-7-15)23-18-21-10-16(20)17(24-18)25-12-19(8-9-19)28-11-13(25)2/h4-7,10,13,22H,3,8-9,11-12H2,1-2H3,(H,21,23,24)/t13-/m0/s1. The van der Waals surface area contributed by atoms with Gasteiger partial charge in [0.25, 0.3) is 0 Å². The van der Waals surface area contributed by atoms with Crippen molar-refractivity contribution in [2.45, 2.75) is 43.2 Å². The van der Waals surface area contributed by atoms with Gasteiger partial charge in [0, 0.05) is 18.8 Å². The number of hydrogen-bond acceptors (Lipinski definition) is 7. The van der Waals surface area contributed by atoms with E-state index in [2.05, 4.69) is 20.0 Å². The topological polar surface area (TPSA) is 96.5 Å². The predicted octanol–water partition coefficient (Wildman–Crippen LogP) is 2.42. The lowest BCUT2D eigenvalue weighted by Crippen LogP contribution is -2.50. The van der Waals surface area contributed by atoms with Crippen molar-refractivity contribution in [2.24, 2.45) is 0 Å². The number of rotatable bonds is 6. The Morgan fingerprint density at radius 3 is 2.69 bits per heavy atom. The molecule has 0 radical (unpaired) electrons. The van der Waals surface area contributed by atoms with Crippen LogP contribution < -0.4 is 14.9 Å². The van der Waals surface area contributed by atoms with Gasteiger partial charge < -0.3 is 15.0 Å². The highest BCUT2D eigenvalue weighted by Crippen LogP contribution is 2.44. The number of sulfonamides is 1. The second kappa shape index (κ2) is 7.51. The lowest BCUT2D eigenvalue weighted by Gasteiger charge is -2.39. The molecule has 1 saturated carbocycles. The average molecular weight is 421 g/mol. The van der Waals surface area contributed by atoms with Crippen LogP contribution in [-0.2, 0) is 14.8 Å². The van der Waals surface area contributed by atoms with Gasteiger partial charge >= 0.3 is 0 Å². The number of morpholine rings is 1. The smallest absolute Gasteiger partial charge is 0.240 e. The van der Waals surface area contributed by atoms with Gasteiger partial charge in [-0.05, 0) is 44.0 Å². The molecule has 1 aromatic carbocycles. The Bertz CT molecular complexity index is 995. The van der Waals surface area contributed by atoms with Crippen molar-refractivity contribution >= 4 is 27.5 Å². The summed E-state index contributed by atoms with van der Waals surface area (Å²) in [6.07, 6.45) is 3.11. The Hall–Kier alpha value is -2.30. The summed E-state index contributed by atoms with van der Waals surface area (Å²) in [6, 6.07) is 6.23. The lowest BCUT2D eigenvalue weighted by molar-refractivity contribution is 0.00292. The summed E-state index contributed by atoms with van der Waals surface area (Å²) in [5, 5.41) is 3.01. The van der Waals surface area contributed by atoms with Crippen molar-refractivity contribution in [3.8, 4) is 0 Å². The second-order valence-corrected chi connectivity index (χ2v) is 9.25. The van der Waals surface area contributed by atoms with E-state index in [0.717, 1.165) is 19.0 Å². The first-order chi connectivity index (χ1) is 13.8. The Morgan fingerprint density at radius 2 is 2.03 bits per heavy atom. The van der Waals surface area contributed by atoms with Gasteiger partial charge in [0.1, 0.15) is 0 Å². The van der Waals surface area contributed by atoms with E-state index < -0.39 is 15.8 Å². The third-order valence-corrected chi connectivity index (χ3v) is 6.74. The molecule has 1 saturated heterocycles. The van der Waals surface area contributed by atoms with E-state index >= 15 is 0 Å². The quantitative estimate of drug-likeness (QED) is 0.739. The maximum absolute atomic E-state index is 14.5. The van der Waals surface area contributed by atoms with Gasteiger partial charge in [0.05, 0.1) is 29.3 Å². The van der Waals surface area contributed by atoms with Crippen LogP contribution in [0.15, 0.2) is 35.4 Å². The number of nitrogens with zero attached hydrogens (tertiary/aromatic N) is 3. The number of hydrogen-bond donors (Lipinski definition) is 2. The van der Waals surface area contributed by atoms with E-state index in [1.54, 1.807) is 19.1 Å². The molecule has 2 fully saturated rings. The molecule has 29 heavy (non-hydrogen) atoms. The predicted molar refractivity (Wildman–Crippen MR) is 107 cm³/mol. The molecule has 1 aliphatic carbocycles. The first-order valence-corrected chi connectivity index (χ1v) is 11.1. The third kappa shape index (κ3) is 4.19. The summed E-state index contributed by atoms with van der Waals surface area (Å²) in [5.74, 6) is 0.00956. The fourth-order valence-electron chi connectivity index (χ4n) is 3.36. The van der Waals surface area contributed by atoms with Crippen LogP contribution in [0.5, 0.6) is 0 Å². The summed E-state index contributed by atoms with van der Waals surface area (Å²) in [6.45, 7) is 5.16. The molecule has 1 spiro atoms. The van der Waals surface area contributed by atoms with E-state index in [-0.39, 0.29) is 28.3 Å². The third-order valence-electron chi connectivity index (χ3n) is 5.18. The van der Waals surface area contributed by atoms with Crippen molar-refractivity contribution < 1.29 is 17.5 Å². The molecule has 156 valence electrons. The Morgan fingerprint density at radius 1 is 1.31 bits per heavy atom. The average Bonchev–Trinajstić information content (AvgIpc) is 3.45. The maximum atomic E-state index is 14.5. The van der Waals surface area contributed by atoms with Crippen LogP contribution in [-0.4, -0.2) is 49.7 Å². The van der Waals surface area contributed by atoms with Gasteiger partial charge in [-0.1, -0.05) is 6.92 Å². The van der Waals surface area contributed by atoms with Crippen molar-refractivity contribution in [1.82, 2.24) is 14.7 Å². The maximum Gasteiger partial charge on any atom is 0.240 e. The van der Waals surface area contributed by atoms with Gasteiger partial charge in [-0.2, -0.15) is 4.98 Å². The van der Waals surface area contributed by atoms with E-state index in [0.29, 0.717) is 25.4 Å². The number of halogens is 1. The van der Waals surface area contributed by atoms with Crippen LogP contribution in [0.3, 0.4) is 0 Å². The van der Waals surface area contributed by atoms with Gasteiger partial charge in [-0.3, -0.25) is 0 Å². The largest absolute Gasteiger partial charge is 0.371 e. The Kier molecular flexibility index (Phi) is 5.18. The number of benzene rings is 1. The minimum absolute atomic E-state index is 0.00836. The molecular weight excluding hydrogens is 397 g/mol. The zero-order valence-electron chi connectivity index (χ0n) is 16.4. The number of ether oxygens (including phenoxy) is 1.